The molecule has 2 rings (SSSR count). The third-order valence-electron chi connectivity index (χ3n) is 3.87. The van der Waals surface area contributed by atoms with Crippen molar-refractivity contribution in [3.8, 4) is 0 Å². The summed E-state index contributed by atoms with van der Waals surface area (Å²) in [7, 11) is 1.98. The van der Waals surface area contributed by atoms with E-state index in [4.69, 9.17) is 11.6 Å². The summed E-state index contributed by atoms with van der Waals surface area (Å²) in [4.78, 5) is 14.4. The number of rotatable bonds is 4. The van der Waals surface area contributed by atoms with Crippen molar-refractivity contribution >= 4 is 33.4 Å². The maximum absolute atomic E-state index is 12.4. The maximum Gasteiger partial charge on any atom is 0.253 e. The Hall–Kier alpha value is -0.580. The van der Waals surface area contributed by atoms with Crippen LogP contribution in [0.4, 0.5) is 0 Å². The normalized spacial score (nSPS) is 16.4. The van der Waals surface area contributed by atoms with Crippen LogP contribution >= 0.6 is 27.5 Å². The lowest BCUT2D eigenvalue weighted by molar-refractivity contribution is 0.0687. The quantitative estimate of drug-likeness (QED) is 0.891. The van der Waals surface area contributed by atoms with E-state index in [-0.39, 0.29) is 5.91 Å². The third kappa shape index (κ3) is 3.96. The second-order valence-electron chi connectivity index (χ2n) is 5.26. The Morgan fingerprint density at radius 3 is 2.75 bits per heavy atom. The largest absolute Gasteiger partial charge is 0.339 e. The second-order valence-corrected chi connectivity index (χ2v) is 6.52. The first-order valence-corrected chi connectivity index (χ1v) is 8.18. The molecule has 3 nitrogen and oxygen atoms in total. The Labute approximate surface area is 133 Å². The Morgan fingerprint density at radius 2 is 2.15 bits per heavy atom. The van der Waals surface area contributed by atoms with Gasteiger partial charge in [0.2, 0.25) is 0 Å². The molecule has 1 aromatic rings. The summed E-state index contributed by atoms with van der Waals surface area (Å²) in [5.74, 6) is 0.845. The molecule has 0 aliphatic carbocycles. The predicted molar refractivity (Wildman–Crippen MR) is 86.3 cm³/mol. The fraction of sp³-hybridized carbons (Fsp3) is 0.533. The maximum atomic E-state index is 12.4. The van der Waals surface area contributed by atoms with Crippen molar-refractivity contribution in [1.29, 1.82) is 0 Å². The molecule has 1 aromatic carbocycles. The molecule has 5 heteroatoms. The number of likely N-dealkylation sites (tertiary alicyclic amines) is 1. The number of benzene rings is 1. The lowest BCUT2D eigenvalue weighted by Crippen LogP contribution is -2.38. The molecule has 0 spiro atoms. The number of carbonyl (C=O) groups excluding carboxylic acids is 1. The molecule has 1 aliphatic heterocycles. The van der Waals surface area contributed by atoms with E-state index >= 15 is 0 Å². The summed E-state index contributed by atoms with van der Waals surface area (Å²) in [6.07, 6.45) is 3.40. The van der Waals surface area contributed by atoms with Gasteiger partial charge in [-0.15, -0.1) is 0 Å². The van der Waals surface area contributed by atoms with Gasteiger partial charge in [0.1, 0.15) is 0 Å². The molecule has 1 aliphatic rings. The van der Waals surface area contributed by atoms with Gasteiger partial charge >= 0.3 is 0 Å². The Bertz CT molecular complexity index is 473. The van der Waals surface area contributed by atoms with E-state index in [0.29, 0.717) is 10.6 Å². The fourth-order valence-electron chi connectivity index (χ4n) is 2.58. The van der Waals surface area contributed by atoms with Crippen molar-refractivity contribution in [3.63, 3.8) is 0 Å². The van der Waals surface area contributed by atoms with Crippen LogP contribution in [0.25, 0.3) is 0 Å². The molecule has 0 atom stereocenters. The number of hydrogen-bond donors (Lipinski definition) is 1. The van der Waals surface area contributed by atoms with Gasteiger partial charge in [0.05, 0.1) is 5.02 Å². The molecule has 0 saturated carbocycles. The summed E-state index contributed by atoms with van der Waals surface area (Å²) in [6.45, 7) is 2.77. The van der Waals surface area contributed by atoms with E-state index in [1.54, 1.807) is 18.2 Å². The molecule has 1 amide bonds. The van der Waals surface area contributed by atoms with Crippen molar-refractivity contribution in [2.75, 3.05) is 26.7 Å². The van der Waals surface area contributed by atoms with E-state index < -0.39 is 0 Å². The Kier molecular flexibility index (Phi) is 5.87. The molecule has 1 heterocycles. The summed E-state index contributed by atoms with van der Waals surface area (Å²) in [6, 6.07) is 5.36. The number of nitrogens with zero attached hydrogens (tertiary/aromatic N) is 1. The first kappa shape index (κ1) is 15.8. The zero-order valence-electron chi connectivity index (χ0n) is 11.7. The van der Waals surface area contributed by atoms with Crippen molar-refractivity contribution < 1.29 is 4.79 Å². The lowest BCUT2D eigenvalue weighted by atomic mass is 9.93. The highest BCUT2D eigenvalue weighted by Crippen LogP contribution is 2.25. The molecule has 1 saturated heterocycles. The zero-order chi connectivity index (χ0) is 14.5. The van der Waals surface area contributed by atoms with Crippen LogP contribution in [0.15, 0.2) is 22.7 Å². The predicted octanol–water partition coefficient (Wildman–Crippen LogP) is 3.56. The average molecular weight is 360 g/mol. The molecule has 0 unspecified atom stereocenters. The Balaban J connectivity index is 1.92. The molecular weight excluding hydrogens is 340 g/mol. The van der Waals surface area contributed by atoms with E-state index in [1.165, 1.54) is 6.42 Å². The van der Waals surface area contributed by atoms with E-state index in [9.17, 15) is 4.79 Å². The van der Waals surface area contributed by atoms with Crippen LogP contribution in [0.5, 0.6) is 0 Å². The van der Waals surface area contributed by atoms with Gasteiger partial charge in [-0.05, 0) is 72.9 Å². The van der Waals surface area contributed by atoms with Crippen molar-refractivity contribution in [2.45, 2.75) is 19.3 Å². The summed E-state index contributed by atoms with van der Waals surface area (Å²) < 4.78 is 0.772. The van der Waals surface area contributed by atoms with Gasteiger partial charge in [-0.2, -0.15) is 0 Å². The van der Waals surface area contributed by atoms with E-state index in [0.717, 1.165) is 42.9 Å². The SMILES string of the molecule is CNCCC1CCN(C(=O)c2ccc(Cl)c(Br)c2)CC1. The molecule has 110 valence electrons. The fourth-order valence-corrected chi connectivity index (χ4v) is 3.08. The van der Waals surface area contributed by atoms with Crippen LogP contribution in [0.1, 0.15) is 29.6 Å². The minimum Gasteiger partial charge on any atom is -0.339 e. The number of hydrogen-bond acceptors (Lipinski definition) is 2. The smallest absolute Gasteiger partial charge is 0.253 e. The van der Waals surface area contributed by atoms with Gasteiger partial charge in [0.25, 0.3) is 5.91 Å². The molecule has 1 N–H and O–H groups in total. The van der Waals surface area contributed by atoms with Crippen LogP contribution in [0.2, 0.25) is 5.02 Å². The zero-order valence-corrected chi connectivity index (χ0v) is 14.0. The monoisotopic (exact) mass is 358 g/mol. The standard InChI is InChI=1S/C15H20BrClN2O/c1-18-7-4-11-5-8-19(9-6-11)15(20)12-2-3-14(17)13(16)10-12/h2-3,10-11,18H,4-9H2,1H3. The Morgan fingerprint density at radius 1 is 1.45 bits per heavy atom. The minimum absolute atomic E-state index is 0.106. The highest BCUT2D eigenvalue weighted by molar-refractivity contribution is 9.10. The van der Waals surface area contributed by atoms with Crippen LogP contribution < -0.4 is 5.32 Å². The topological polar surface area (TPSA) is 32.3 Å². The number of halogens is 2. The number of carbonyl (C=O) groups is 1. The van der Waals surface area contributed by atoms with E-state index in [2.05, 4.69) is 21.2 Å². The highest BCUT2D eigenvalue weighted by atomic mass is 79.9. The number of piperidine rings is 1. The molecule has 0 bridgehead atoms. The average Bonchev–Trinajstić information content (AvgIpc) is 2.48. The van der Waals surface area contributed by atoms with Gasteiger partial charge < -0.3 is 10.2 Å². The van der Waals surface area contributed by atoms with Crippen LogP contribution in [-0.2, 0) is 0 Å². The van der Waals surface area contributed by atoms with Crippen molar-refractivity contribution in [1.82, 2.24) is 10.2 Å². The summed E-state index contributed by atoms with van der Waals surface area (Å²) >= 11 is 9.33. The number of amides is 1. The van der Waals surface area contributed by atoms with Crippen LogP contribution in [0, 0.1) is 5.92 Å². The summed E-state index contributed by atoms with van der Waals surface area (Å²) in [5.41, 5.74) is 0.704. The lowest BCUT2D eigenvalue weighted by Gasteiger charge is -2.32. The van der Waals surface area contributed by atoms with Crippen LogP contribution in [0.3, 0.4) is 0 Å². The van der Waals surface area contributed by atoms with Gasteiger partial charge in [0.15, 0.2) is 0 Å². The van der Waals surface area contributed by atoms with Crippen molar-refractivity contribution in [2.24, 2.45) is 5.92 Å². The van der Waals surface area contributed by atoms with Gasteiger partial charge in [-0.25, -0.2) is 0 Å². The second kappa shape index (κ2) is 7.43. The van der Waals surface area contributed by atoms with Gasteiger partial charge in [-0.3, -0.25) is 4.79 Å². The minimum atomic E-state index is 0.106. The molecular formula is C15H20BrClN2O. The number of nitrogens with one attached hydrogen (secondary N) is 1. The van der Waals surface area contributed by atoms with Crippen molar-refractivity contribution in [3.05, 3.63) is 33.3 Å². The first-order valence-electron chi connectivity index (χ1n) is 7.00. The molecule has 20 heavy (non-hydrogen) atoms. The molecule has 1 fully saturated rings. The van der Waals surface area contributed by atoms with Gasteiger partial charge in [0, 0.05) is 23.1 Å². The van der Waals surface area contributed by atoms with Crippen LogP contribution in [-0.4, -0.2) is 37.5 Å². The van der Waals surface area contributed by atoms with Gasteiger partial charge in [-0.1, -0.05) is 11.6 Å². The molecule has 0 radical (unpaired) electrons. The molecule has 0 aromatic heterocycles. The summed E-state index contributed by atoms with van der Waals surface area (Å²) in [5, 5.41) is 3.82. The first-order chi connectivity index (χ1) is 9.61. The van der Waals surface area contributed by atoms with E-state index in [1.807, 2.05) is 11.9 Å². The highest BCUT2D eigenvalue weighted by Gasteiger charge is 2.23. The third-order valence-corrected chi connectivity index (χ3v) is 5.08.